The first-order valence-electron chi connectivity index (χ1n) is 14.8. The highest BCUT2D eigenvalue weighted by Gasteiger charge is 2.56. The minimum atomic E-state index is -1.23. The number of epoxide rings is 1. The fourth-order valence-electron chi connectivity index (χ4n) is 6.67. The zero-order valence-corrected chi connectivity index (χ0v) is 26.1. The van der Waals surface area contributed by atoms with Gasteiger partial charge in [-0.05, 0) is 67.0 Å². The molecule has 39 heavy (non-hydrogen) atoms. The van der Waals surface area contributed by atoms with E-state index in [2.05, 4.69) is 39.8 Å². The molecule has 0 aromatic heterocycles. The Bertz CT molecular complexity index is 808. The third-order valence-corrected chi connectivity index (χ3v) is 9.87. The van der Waals surface area contributed by atoms with Gasteiger partial charge in [-0.2, -0.15) is 0 Å². The highest BCUT2D eigenvalue weighted by molar-refractivity contribution is 5.73. The Balaban J connectivity index is 1.95. The van der Waals surface area contributed by atoms with E-state index in [0.717, 1.165) is 12.8 Å². The van der Waals surface area contributed by atoms with Gasteiger partial charge >= 0.3 is 5.97 Å². The number of hydrogen-bond acceptors (Lipinski definition) is 9. The molecule has 0 radical (unpaired) electrons. The fraction of sp³-hybridized carbons (Fsp3) is 0.967. The predicted octanol–water partition coefficient (Wildman–Crippen LogP) is 3.79. The summed E-state index contributed by atoms with van der Waals surface area (Å²) in [5, 5.41) is 11.5. The number of nitrogens with zero attached hydrogens (tertiary/aromatic N) is 1. The van der Waals surface area contributed by atoms with Crippen molar-refractivity contribution in [3.8, 4) is 0 Å². The molecule has 3 aliphatic rings. The van der Waals surface area contributed by atoms with Crippen molar-refractivity contribution < 1.29 is 38.3 Å². The molecule has 0 aromatic carbocycles. The summed E-state index contributed by atoms with van der Waals surface area (Å²) in [6.45, 7) is 13.8. The molecular weight excluding hydrogens is 502 g/mol. The lowest BCUT2D eigenvalue weighted by molar-refractivity contribution is -0.260. The maximum Gasteiger partial charge on any atom is 0.311 e. The number of rotatable bonds is 6. The van der Waals surface area contributed by atoms with Gasteiger partial charge in [0.1, 0.15) is 11.7 Å². The Morgan fingerprint density at radius 3 is 2.26 bits per heavy atom. The first-order chi connectivity index (χ1) is 18.2. The number of ether oxygens (including phenoxy) is 6. The largest absolute Gasteiger partial charge is 0.459 e. The van der Waals surface area contributed by atoms with Gasteiger partial charge in [-0.3, -0.25) is 4.79 Å². The number of hydrogen-bond donors (Lipinski definition) is 1. The summed E-state index contributed by atoms with van der Waals surface area (Å²) in [5.74, 6) is -1.05. The summed E-state index contributed by atoms with van der Waals surface area (Å²) in [6, 6.07) is 0.345. The lowest BCUT2D eigenvalue weighted by Crippen LogP contribution is -2.53. The molecule has 3 aliphatic heterocycles. The van der Waals surface area contributed by atoms with Gasteiger partial charge < -0.3 is 38.4 Å². The highest BCUT2D eigenvalue weighted by Crippen LogP contribution is 2.45. The summed E-state index contributed by atoms with van der Waals surface area (Å²) in [7, 11) is 7.50. The molecule has 3 heterocycles. The third kappa shape index (κ3) is 7.34. The van der Waals surface area contributed by atoms with E-state index in [1.807, 2.05) is 20.8 Å². The van der Waals surface area contributed by atoms with Crippen LogP contribution in [0.3, 0.4) is 0 Å². The maximum absolute atomic E-state index is 13.4. The van der Waals surface area contributed by atoms with Crippen molar-refractivity contribution in [1.29, 1.82) is 0 Å². The van der Waals surface area contributed by atoms with Gasteiger partial charge in [0.25, 0.3) is 0 Å². The number of methoxy groups -OCH3 is 2. The van der Waals surface area contributed by atoms with Crippen LogP contribution in [0.5, 0.6) is 0 Å². The molecule has 13 atom stereocenters. The van der Waals surface area contributed by atoms with Crippen LogP contribution >= 0.6 is 0 Å². The normalized spacial score (nSPS) is 48.2. The van der Waals surface area contributed by atoms with Crippen molar-refractivity contribution in [1.82, 2.24) is 4.90 Å². The van der Waals surface area contributed by atoms with Crippen LogP contribution in [-0.2, 0) is 33.2 Å². The molecule has 9 nitrogen and oxygen atoms in total. The van der Waals surface area contributed by atoms with Crippen molar-refractivity contribution in [2.75, 3.05) is 28.3 Å². The van der Waals surface area contributed by atoms with Crippen LogP contribution < -0.4 is 0 Å². The average molecular weight is 558 g/mol. The van der Waals surface area contributed by atoms with E-state index < -0.39 is 47.7 Å². The van der Waals surface area contributed by atoms with Crippen LogP contribution in [0.25, 0.3) is 0 Å². The predicted molar refractivity (Wildman–Crippen MR) is 148 cm³/mol. The summed E-state index contributed by atoms with van der Waals surface area (Å²) < 4.78 is 37.3. The Hall–Kier alpha value is -0.810. The van der Waals surface area contributed by atoms with Gasteiger partial charge in [-0.15, -0.1) is 0 Å². The van der Waals surface area contributed by atoms with Gasteiger partial charge in [-0.25, -0.2) is 0 Å². The molecule has 3 rings (SSSR count). The number of fused-ring (bicyclic) bond motifs is 1. The standard InChI is InChI=1S/C30H55NO8/c1-12-23-30(7,33)20(5)27-26(39-27)17(2)16-29(6,35-11)24(15-22(34-10)19(4)28(32)38-23)37-25-14-21(31(8)9)13-18(3)36-25/h17-27,33H,12-16H2,1-11H3/t17-,18?,19?,20?,21?,22+,23-,24-,25?,26?,27?,29-,30+/m1/s1. The van der Waals surface area contributed by atoms with Crippen LogP contribution in [0.4, 0.5) is 0 Å². The van der Waals surface area contributed by atoms with Crippen molar-refractivity contribution in [3.63, 3.8) is 0 Å². The van der Waals surface area contributed by atoms with E-state index in [-0.39, 0.29) is 30.1 Å². The van der Waals surface area contributed by atoms with Crippen LogP contribution in [0.1, 0.15) is 80.6 Å². The molecule has 3 saturated heterocycles. The van der Waals surface area contributed by atoms with Crippen LogP contribution in [-0.4, -0.2) is 104 Å². The first kappa shape index (κ1) is 32.7. The molecule has 3 fully saturated rings. The summed E-state index contributed by atoms with van der Waals surface area (Å²) in [4.78, 5) is 15.6. The van der Waals surface area contributed by atoms with E-state index in [1.54, 1.807) is 21.1 Å². The number of cyclic esters (lactones) is 1. The maximum atomic E-state index is 13.4. The van der Waals surface area contributed by atoms with E-state index in [4.69, 9.17) is 28.4 Å². The second-order valence-electron chi connectivity index (χ2n) is 13.0. The molecule has 0 amide bonds. The second kappa shape index (κ2) is 13.0. The lowest BCUT2D eigenvalue weighted by atomic mass is 9.77. The molecular formula is C30H55NO8. The quantitative estimate of drug-likeness (QED) is 0.386. The smallest absolute Gasteiger partial charge is 0.311 e. The van der Waals surface area contributed by atoms with Crippen LogP contribution in [0.15, 0.2) is 0 Å². The van der Waals surface area contributed by atoms with E-state index in [1.165, 1.54) is 0 Å². The zero-order valence-electron chi connectivity index (χ0n) is 26.1. The van der Waals surface area contributed by atoms with E-state index in [0.29, 0.717) is 25.3 Å². The molecule has 0 aliphatic carbocycles. The van der Waals surface area contributed by atoms with Crippen molar-refractivity contribution in [2.45, 2.75) is 141 Å². The van der Waals surface area contributed by atoms with Gasteiger partial charge in [-0.1, -0.05) is 20.8 Å². The molecule has 0 spiro atoms. The monoisotopic (exact) mass is 557 g/mol. The summed E-state index contributed by atoms with van der Waals surface area (Å²) in [6.07, 6.45) is 1.25. The van der Waals surface area contributed by atoms with Crippen molar-refractivity contribution >= 4 is 5.97 Å². The van der Waals surface area contributed by atoms with Crippen LogP contribution in [0, 0.1) is 17.8 Å². The number of carbonyl (C=O) groups excluding carboxylic acids is 1. The third-order valence-electron chi connectivity index (χ3n) is 9.87. The molecule has 0 aromatic rings. The summed E-state index contributed by atoms with van der Waals surface area (Å²) in [5.41, 5.74) is -1.93. The SMILES string of the molecule is CC[C@H]1OC(=O)C(C)[C@@H](OC)C[C@@H](OC2CC(N(C)C)CC(C)O2)[C@](C)(OC)C[C@@H](C)C2OC2C(C)[C@]1(C)O. The Kier molecular flexibility index (Phi) is 10.9. The Morgan fingerprint density at radius 1 is 1.03 bits per heavy atom. The lowest BCUT2D eigenvalue weighted by Gasteiger charge is -2.44. The first-order valence-corrected chi connectivity index (χ1v) is 14.8. The highest BCUT2D eigenvalue weighted by atomic mass is 16.7. The topological polar surface area (TPSA) is 99.2 Å². The molecule has 1 N–H and O–H groups in total. The van der Waals surface area contributed by atoms with Gasteiger partial charge in [0.15, 0.2) is 6.29 Å². The molecule has 7 unspecified atom stereocenters. The van der Waals surface area contributed by atoms with E-state index in [9.17, 15) is 9.90 Å². The minimum absolute atomic E-state index is 0.0287. The Morgan fingerprint density at radius 2 is 1.69 bits per heavy atom. The minimum Gasteiger partial charge on any atom is -0.459 e. The van der Waals surface area contributed by atoms with Gasteiger partial charge in [0.05, 0.1) is 42.0 Å². The Labute approximate surface area is 236 Å². The molecule has 9 heteroatoms. The van der Waals surface area contributed by atoms with Crippen LogP contribution in [0.2, 0.25) is 0 Å². The molecule has 0 bridgehead atoms. The van der Waals surface area contributed by atoms with E-state index >= 15 is 0 Å². The van der Waals surface area contributed by atoms with Gasteiger partial charge in [0.2, 0.25) is 0 Å². The number of esters is 1. The zero-order chi connectivity index (χ0) is 29.3. The number of aliphatic hydroxyl groups is 1. The fourth-order valence-corrected chi connectivity index (χ4v) is 6.67. The molecule has 228 valence electrons. The van der Waals surface area contributed by atoms with Gasteiger partial charge in [0, 0.05) is 39.0 Å². The second-order valence-corrected chi connectivity index (χ2v) is 13.0. The number of carbonyl (C=O) groups is 1. The van der Waals surface area contributed by atoms with Crippen molar-refractivity contribution in [2.24, 2.45) is 17.8 Å². The summed E-state index contributed by atoms with van der Waals surface area (Å²) >= 11 is 0. The molecule has 0 saturated carbocycles. The van der Waals surface area contributed by atoms with Crippen molar-refractivity contribution in [3.05, 3.63) is 0 Å². The average Bonchev–Trinajstić information content (AvgIpc) is 3.68.